The van der Waals surface area contributed by atoms with Crippen molar-refractivity contribution < 1.29 is 9.84 Å². The van der Waals surface area contributed by atoms with Gasteiger partial charge in [0.25, 0.3) is 0 Å². The topological polar surface area (TPSA) is 41.8 Å². The second-order valence-electron chi connectivity index (χ2n) is 5.35. The highest BCUT2D eigenvalue weighted by atomic mass is 16.5. The molecule has 0 aromatic heterocycles. The molecule has 1 heterocycles. The maximum atomic E-state index is 9.28. The molecule has 0 saturated carbocycles. The monoisotopic (exact) mass is 259 g/mol. The lowest BCUT2D eigenvalue weighted by Gasteiger charge is -2.28. The predicted octanol–water partition coefficient (Wildman–Crippen LogP) is 3.05. The van der Waals surface area contributed by atoms with Gasteiger partial charge >= 0.3 is 0 Å². The molecule has 19 heavy (non-hydrogen) atoms. The number of ether oxygens (including phenoxy) is 1. The lowest BCUT2D eigenvalue weighted by Crippen LogP contribution is -2.32. The normalized spacial score (nSPS) is 19.9. The fraction of sp³-hybridized carbons (Fsp3) is 0.438. The zero-order valence-electron chi connectivity index (χ0n) is 11.8. The third-order valence-corrected chi connectivity index (χ3v) is 3.24. The molecule has 1 aromatic rings. The first-order valence-electron chi connectivity index (χ1n) is 6.68. The van der Waals surface area contributed by atoms with Gasteiger partial charge in [-0.1, -0.05) is 37.3 Å². The van der Waals surface area contributed by atoms with Crippen LogP contribution < -0.4 is 0 Å². The second-order valence-corrected chi connectivity index (χ2v) is 5.35. The van der Waals surface area contributed by atoms with E-state index in [-0.39, 0.29) is 6.61 Å². The van der Waals surface area contributed by atoms with Crippen LogP contribution in [0.4, 0.5) is 0 Å². The van der Waals surface area contributed by atoms with Gasteiger partial charge in [-0.05, 0) is 31.4 Å². The summed E-state index contributed by atoms with van der Waals surface area (Å²) in [6, 6.07) is 10.3. The van der Waals surface area contributed by atoms with Gasteiger partial charge in [-0.2, -0.15) is 0 Å². The summed E-state index contributed by atoms with van der Waals surface area (Å²) < 4.78 is 5.47. The maximum absolute atomic E-state index is 9.28. The van der Waals surface area contributed by atoms with Crippen molar-refractivity contribution in [1.82, 2.24) is 0 Å². The SMILES string of the molecule is CC/C(=C1\COC1=NC(C)(C)CO)c1ccccc1. The van der Waals surface area contributed by atoms with Crippen molar-refractivity contribution in [1.29, 1.82) is 0 Å². The Balaban J connectivity index is 2.36. The predicted molar refractivity (Wildman–Crippen MR) is 78.2 cm³/mol. The van der Waals surface area contributed by atoms with E-state index >= 15 is 0 Å². The molecule has 1 fully saturated rings. The fourth-order valence-electron chi connectivity index (χ4n) is 2.07. The summed E-state index contributed by atoms with van der Waals surface area (Å²) in [6.07, 6.45) is 0.946. The lowest BCUT2D eigenvalue weighted by atomic mass is 9.95. The third kappa shape index (κ3) is 3.04. The number of allylic oxidation sites excluding steroid dienone is 1. The summed E-state index contributed by atoms with van der Waals surface area (Å²) in [5.41, 5.74) is 3.17. The Morgan fingerprint density at radius 2 is 2.00 bits per heavy atom. The van der Waals surface area contributed by atoms with Gasteiger partial charge < -0.3 is 9.84 Å². The first-order valence-corrected chi connectivity index (χ1v) is 6.68. The van der Waals surface area contributed by atoms with E-state index in [9.17, 15) is 5.11 Å². The van der Waals surface area contributed by atoms with Crippen LogP contribution in [0.25, 0.3) is 5.57 Å². The van der Waals surface area contributed by atoms with Crippen molar-refractivity contribution in [2.75, 3.05) is 13.2 Å². The minimum absolute atomic E-state index is 0.0138. The van der Waals surface area contributed by atoms with Crippen molar-refractivity contribution in [3.05, 3.63) is 41.5 Å². The van der Waals surface area contributed by atoms with Gasteiger partial charge in [0.2, 0.25) is 5.90 Å². The quantitative estimate of drug-likeness (QED) is 0.903. The summed E-state index contributed by atoms with van der Waals surface area (Å²) in [6.45, 7) is 6.56. The van der Waals surface area contributed by atoms with Crippen LogP contribution in [0.3, 0.4) is 0 Å². The molecule has 0 amide bonds. The van der Waals surface area contributed by atoms with E-state index in [1.807, 2.05) is 32.0 Å². The Labute approximate surface area is 114 Å². The molecule has 3 nitrogen and oxygen atoms in total. The molecule has 0 bridgehead atoms. The Bertz CT molecular complexity index is 501. The Morgan fingerprint density at radius 1 is 1.32 bits per heavy atom. The molecule has 0 unspecified atom stereocenters. The van der Waals surface area contributed by atoms with Crippen molar-refractivity contribution in [2.24, 2.45) is 4.99 Å². The summed E-state index contributed by atoms with van der Waals surface area (Å²) in [4.78, 5) is 4.50. The van der Waals surface area contributed by atoms with Crippen LogP contribution in [0, 0.1) is 0 Å². The smallest absolute Gasteiger partial charge is 0.216 e. The van der Waals surface area contributed by atoms with Gasteiger partial charge in [-0.25, -0.2) is 4.99 Å². The molecule has 1 saturated heterocycles. The highest BCUT2D eigenvalue weighted by molar-refractivity contribution is 6.06. The molecule has 0 atom stereocenters. The van der Waals surface area contributed by atoms with Gasteiger partial charge in [0.05, 0.1) is 17.7 Å². The number of nitrogens with zero attached hydrogens (tertiary/aromatic N) is 1. The van der Waals surface area contributed by atoms with E-state index in [1.54, 1.807) is 0 Å². The van der Waals surface area contributed by atoms with Crippen LogP contribution in [-0.4, -0.2) is 29.8 Å². The van der Waals surface area contributed by atoms with Gasteiger partial charge in [0.15, 0.2) is 0 Å². The summed E-state index contributed by atoms with van der Waals surface area (Å²) in [5, 5.41) is 9.28. The van der Waals surface area contributed by atoms with Gasteiger partial charge in [0, 0.05) is 0 Å². The number of aliphatic imine (C=N–C) groups is 1. The zero-order valence-corrected chi connectivity index (χ0v) is 11.8. The zero-order chi connectivity index (χ0) is 13.9. The minimum Gasteiger partial charge on any atom is -0.473 e. The van der Waals surface area contributed by atoms with Crippen LogP contribution in [-0.2, 0) is 4.74 Å². The van der Waals surface area contributed by atoms with Crippen molar-refractivity contribution in [3.8, 4) is 0 Å². The number of rotatable bonds is 4. The third-order valence-electron chi connectivity index (χ3n) is 3.24. The number of hydrogen-bond donors (Lipinski definition) is 1. The van der Waals surface area contributed by atoms with Crippen LogP contribution in [0.5, 0.6) is 0 Å². The van der Waals surface area contributed by atoms with E-state index in [2.05, 4.69) is 24.0 Å². The van der Waals surface area contributed by atoms with Crippen molar-refractivity contribution in [3.63, 3.8) is 0 Å². The highest BCUT2D eigenvalue weighted by Crippen LogP contribution is 2.29. The van der Waals surface area contributed by atoms with Crippen LogP contribution in [0.2, 0.25) is 0 Å². The summed E-state index contributed by atoms with van der Waals surface area (Å²) in [5.74, 6) is 0.680. The lowest BCUT2D eigenvalue weighted by molar-refractivity contribution is 0.213. The molecule has 0 radical (unpaired) electrons. The Kier molecular flexibility index (Phi) is 4.05. The molecular formula is C16H21NO2. The molecule has 1 aromatic carbocycles. The van der Waals surface area contributed by atoms with E-state index in [0.717, 1.165) is 12.0 Å². The van der Waals surface area contributed by atoms with Crippen molar-refractivity contribution in [2.45, 2.75) is 32.7 Å². The van der Waals surface area contributed by atoms with E-state index in [4.69, 9.17) is 4.74 Å². The minimum atomic E-state index is -0.490. The number of hydrogen-bond acceptors (Lipinski definition) is 3. The fourth-order valence-corrected chi connectivity index (χ4v) is 2.07. The average molecular weight is 259 g/mol. The molecular weight excluding hydrogens is 238 g/mol. The molecule has 1 N–H and O–H groups in total. The summed E-state index contributed by atoms with van der Waals surface area (Å²) in [7, 11) is 0. The molecule has 0 aliphatic carbocycles. The van der Waals surface area contributed by atoms with E-state index < -0.39 is 5.54 Å². The summed E-state index contributed by atoms with van der Waals surface area (Å²) >= 11 is 0. The highest BCUT2D eigenvalue weighted by Gasteiger charge is 2.28. The van der Waals surface area contributed by atoms with Gasteiger partial charge in [0.1, 0.15) is 6.61 Å². The van der Waals surface area contributed by atoms with Crippen LogP contribution in [0.1, 0.15) is 32.8 Å². The largest absolute Gasteiger partial charge is 0.473 e. The van der Waals surface area contributed by atoms with Gasteiger partial charge in [-0.15, -0.1) is 0 Å². The van der Waals surface area contributed by atoms with Gasteiger partial charge in [-0.3, -0.25) is 0 Å². The number of benzene rings is 1. The Hall–Kier alpha value is -1.61. The molecule has 3 heteroatoms. The average Bonchev–Trinajstić information content (AvgIpc) is 2.42. The second kappa shape index (κ2) is 5.57. The maximum Gasteiger partial charge on any atom is 0.216 e. The first-order chi connectivity index (χ1) is 9.07. The number of aliphatic hydroxyl groups is 1. The molecule has 1 aliphatic rings. The molecule has 0 spiro atoms. The molecule has 102 valence electrons. The number of aliphatic hydroxyl groups excluding tert-OH is 1. The van der Waals surface area contributed by atoms with Crippen LogP contribution >= 0.6 is 0 Å². The Morgan fingerprint density at radius 3 is 2.47 bits per heavy atom. The van der Waals surface area contributed by atoms with E-state index in [1.165, 1.54) is 11.1 Å². The van der Waals surface area contributed by atoms with Crippen LogP contribution in [0.15, 0.2) is 40.9 Å². The standard InChI is InChI=1S/C16H21NO2/c1-4-13(12-8-6-5-7-9-12)14-10-19-15(14)17-16(2,3)11-18/h5-9,18H,4,10-11H2,1-3H3/b14-13-,17-15?. The molecule has 1 aliphatic heterocycles. The van der Waals surface area contributed by atoms with E-state index in [0.29, 0.717) is 12.5 Å². The first kappa shape index (κ1) is 13.8. The van der Waals surface area contributed by atoms with Crippen molar-refractivity contribution >= 4 is 11.5 Å². The molecule has 2 rings (SSSR count).